The minimum atomic E-state index is -4.42. The van der Waals surface area contributed by atoms with Gasteiger partial charge in [-0.25, -0.2) is 4.79 Å². The fourth-order valence-electron chi connectivity index (χ4n) is 4.18. The summed E-state index contributed by atoms with van der Waals surface area (Å²) >= 11 is 0. The zero-order chi connectivity index (χ0) is 28.0. The van der Waals surface area contributed by atoms with Gasteiger partial charge in [0.2, 0.25) is 0 Å². The van der Waals surface area contributed by atoms with Crippen LogP contribution < -0.4 is 5.32 Å². The van der Waals surface area contributed by atoms with Crippen LogP contribution >= 0.6 is 0 Å². The number of nitrogens with zero attached hydrogens (tertiary/aromatic N) is 2. The summed E-state index contributed by atoms with van der Waals surface area (Å²) in [6.45, 7) is 9.18. The Balaban J connectivity index is 1.95. The van der Waals surface area contributed by atoms with Crippen LogP contribution in [-0.4, -0.2) is 34.8 Å². The molecule has 0 heterocycles. The quantitative estimate of drug-likeness (QED) is 0.229. The van der Waals surface area contributed by atoms with Crippen LogP contribution in [0.3, 0.4) is 0 Å². The maximum absolute atomic E-state index is 13.7. The third kappa shape index (κ3) is 6.79. The molecule has 1 atom stereocenters. The summed E-state index contributed by atoms with van der Waals surface area (Å²) in [4.78, 5) is 24.9. The van der Waals surface area contributed by atoms with E-state index in [2.05, 4.69) is 17.1 Å². The van der Waals surface area contributed by atoms with Crippen LogP contribution in [0.5, 0.6) is 0 Å². The second-order valence-electron chi connectivity index (χ2n) is 9.22. The van der Waals surface area contributed by atoms with Crippen LogP contribution in [0.15, 0.2) is 88.7 Å². The first-order chi connectivity index (χ1) is 17.9. The molecule has 38 heavy (non-hydrogen) atoms. The number of carboxylic acids is 1. The van der Waals surface area contributed by atoms with Gasteiger partial charge in [0.25, 0.3) is 5.91 Å². The highest BCUT2D eigenvalue weighted by Gasteiger charge is 2.30. The average Bonchev–Trinajstić information content (AvgIpc) is 2.87. The molecular formula is C29H30F3N3O3. The number of hydrogen-bond acceptors (Lipinski definition) is 4. The van der Waals surface area contributed by atoms with Gasteiger partial charge in [0.1, 0.15) is 5.70 Å². The number of allylic oxidation sites excluding steroid dienone is 5. The number of nitrogens with one attached hydrogen (secondary N) is 1. The van der Waals surface area contributed by atoms with E-state index < -0.39 is 29.7 Å². The van der Waals surface area contributed by atoms with Crippen molar-refractivity contribution in [2.24, 2.45) is 5.10 Å². The minimum absolute atomic E-state index is 0.143. The van der Waals surface area contributed by atoms with Crippen molar-refractivity contribution in [3.8, 4) is 0 Å². The number of alkyl halides is 3. The molecule has 3 rings (SSSR count). The second kappa shape index (κ2) is 11.9. The summed E-state index contributed by atoms with van der Waals surface area (Å²) in [6, 6.07) is 10.6. The lowest BCUT2D eigenvalue weighted by molar-refractivity contribution is -0.137. The van der Waals surface area contributed by atoms with Crippen LogP contribution in [-0.2, 0) is 17.4 Å². The second-order valence-corrected chi connectivity index (χ2v) is 9.22. The van der Waals surface area contributed by atoms with E-state index in [0.29, 0.717) is 29.7 Å². The van der Waals surface area contributed by atoms with Crippen LogP contribution in [0.1, 0.15) is 60.3 Å². The largest absolute Gasteiger partial charge is 0.478 e. The summed E-state index contributed by atoms with van der Waals surface area (Å²) in [5.41, 5.74) is 2.59. The van der Waals surface area contributed by atoms with Crippen molar-refractivity contribution < 1.29 is 27.9 Å². The van der Waals surface area contributed by atoms with Gasteiger partial charge in [-0.15, -0.1) is 0 Å². The number of carboxylic acid groups (broad SMARTS) is 1. The normalized spacial score (nSPS) is 15.5. The molecular weight excluding hydrogens is 495 g/mol. The molecule has 1 aliphatic rings. The molecule has 9 heteroatoms. The van der Waals surface area contributed by atoms with Gasteiger partial charge in [0.15, 0.2) is 0 Å². The number of aromatic carboxylic acids is 1. The van der Waals surface area contributed by atoms with Gasteiger partial charge in [-0.1, -0.05) is 42.5 Å². The lowest BCUT2D eigenvalue weighted by atomic mass is 9.90. The first-order valence-electron chi connectivity index (χ1n) is 12.1. The summed E-state index contributed by atoms with van der Waals surface area (Å²) in [7, 11) is 0. The Hall–Kier alpha value is -4.14. The highest BCUT2D eigenvalue weighted by molar-refractivity contribution is 5.95. The van der Waals surface area contributed by atoms with Gasteiger partial charge in [-0.05, 0) is 80.2 Å². The van der Waals surface area contributed by atoms with Crippen molar-refractivity contribution >= 4 is 18.6 Å². The number of hydrogen-bond donors (Lipinski definition) is 2. The third-order valence-corrected chi connectivity index (χ3v) is 6.20. The summed E-state index contributed by atoms with van der Waals surface area (Å²) in [5, 5.41) is 17.7. The molecule has 200 valence electrons. The molecule has 0 aromatic heterocycles. The fraction of sp³-hybridized carbons (Fsp3) is 0.276. The summed E-state index contributed by atoms with van der Waals surface area (Å²) in [6.07, 6.45) is 1.93. The first-order valence-corrected chi connectivity index (χ1v) is 12.1. The number of hydrazone groups is 1. The highest BCUT2D eigenvalue weighted by Crippen LogP contribution is 2.32. The van der Waals surface area contributed by atoms with Crippen molar-refractivity contribution in [2.75, 3.05) is 0 Å². The van der Waals surface area contributed by atoms with Crippen molar-refractivity contribution in [1.82, 2.24) is 10.3 Å². The Morgan fingerprint density at radius 1 is 1.08 bits per heavy atom. The molecule has 0 radical (unpaired) electrons. The number of carbonyl (C=O) groups is 2. The lowest BCUT2D eigenvalue weighted by Gasteiger charge is -2.30. The molecule has 0 spiro atoms. The van der Waals surface area contributed by atoms with Crippen molar-refractivity contribution in [1.29, 1.82) is 0 Å². The van der Waals surface area contributed by atoms with E-state index in [1.165, 1.54) is 29.3 Å². The molecule has 1 amide bonds. The van der Waals surface area contributed by atoms with Crippen LogP contribution in [0, 0.1) is 0 Å². The number of halogens is 3. The van der Waals surface area contributed by atoms with E-state index in [9.17, 15) is 22.8 Å². The maximum atomic E-state index is 13.7. The van der Waals surface area contributed by atoms with Gasteiger partial charge < -0.3 is 10.4 Å². The molecule has 0 fully saturated rings. The molecule has 2 aromatic carbocycles. The Morgan fingerprint density at radius 2 is 1.71 bits per heavy atom. The van der Waals surface area contributed by atoms with E-state index in [1.54, 1.807) is 19.1 Å². The SMILES string of the molecule is C=NN(/C(C(=O)N[C@@H](C)c1ccc(C(=O)O)cc1)=C1\CC=CC=C1Cc1ccc(C(F)(F)F)cc1)C(C)C. The average molecular weight is 526 g/mol. The molecule has 0 saturated heterocycles. The lowest BCUT2D eigenvalue weighted by Crippen LogP contribution is -2.38. The summed E-state index contributed by atoms with van der Waals surface area (Å²) in [5.74, 6) is -1.44. The van der Waals surface area contributed by atoms with Crippen molar-refractivity contribution in [3.05, 3.63) is 106 Å². The van der Waals surface area contributed by atoms with Gasteiger partial charge in [-0.3, -0.25) is 9.80 Å². The summed E-state index contributed by atoms with van der Waals surface area (Å²) < 4.78 is 39.0. The Kier molecular flexibility index (Phi) is 8.93. The molecule has 6 nitrogen and oxygen atoms in total. The molecule has 0 bridgehead atoms. The van der Waals surface area contributed by atoms with Gasteiger partial charge in [0.05, 0.1) is 17.2 Å². The number of carbonyl (C=O) groups excluding carboxylic acids is 1. The number of rotatable bonds is 9. The maximum Gasteiger partial charge on any atom is 0.416 e. The zero-order valence-electron chi connectivity index (χ0n) is 21.4. The topological polar surface area (TPSA) is 82.0 Å². The minimum Gasteiger partial charge on any atom is -0.478 e. The predicted molar refractivity (Wildman–Crippen MR) is 140 cm³/mol. The van der Waals surface area contributed by atoms with E-state index in [-0.39, 0.29) is 11.6 Å². The molecule has 0 saturated carbocycles. The monoisotopic (exact) mass is 525 g/mol. The van der Waals surface area contributed by atoms with Gasteiger partial charge in [-0.2, -0.15) is 18.3 Å². The van der Waals surface area contributed by atoms with Crippen molar-refractivity contribution in [3.63, 3.8) is 0 Å². The van der Waals surface area contributed by atoms with Gasteiger partial charge >= 0.3 is 12.1 Å². The Labute approximate surface area is 219 Å². The molecule has 1 aliphatic carbocycles. The molecule has 0 unspecified atom stereocenters. The number of amides is 1. The van der Waals surface area contributed by atoms with E-state index in [1.807, 2.05) is 32.1 Å². The molecule has 2 aromatic rings. The highest BCUT2D eigenvalue weighted by atomic mass is 19.4. The molecule has 2 N–H and O–H groups in total. The zero-order valence-corrected chi connectivity index (χ0v) is 21.4. The van der Waals surface area contributed by atoms with Crippen LogP contribution in [0.2, 0.25) is 0 Å². The van der Waals surface area contributed by atoms with E-state index in [4.69, 9.17) is 5.11 Å². The van der Waals surface area contributed by atoms with Crippen molar-refractivity contribution in [2.45, 2.75) is 51.9 Å². The fourth-order valence-corrected chi connectivity index (χ4v) is 4.18. The van der Waals surface area contributed by atoms with E-state index >= 15 is 0 Å². The molecule has 0 aliphatic heterocycles. The van der Waals surface area contributed by atoms with Crippen LogP contribution in [0.4, 0.5) is 13.2 Å². The van der Waals surface area contributed by atoms with E-state index in [0.717, 1.165) is 23.3 Å². The smallest absolute Gasteiger partial charge is 0.416 e. The Bertz CT molecular complexity index is 1270. The predicted octanol–water partition coefficient (Wildman–Crippen LogP) is 6.29. The van der Waals surface area contributed by atoms with Gasteiger partial charge in [0, 0.05) is 12.8 Å². The van der Waals surface area contributed by atoms with Crippen LogP contribution in [0.25, 0.3) is 0 Å². The number of benzene rings is 2. The standard InChI is InChI=1S/C29H30F3N3O3/c1-18(2)35(33-4)26(27(36)34-19(3)21-11-13-22(14-12-21)28(37)38)25-8-6-5-7-23(25)17-20-9-15-24(16-10-20)29(30,31)32/h5-7,9-16,18-19H,4,8,17H2,1-3H3,(H,34,36)(H,37,38)/b26-25+/t19-/m0/s1. The Morgan fingerprint density at radius 3 is 2.24 bits per heavy atom. The first kappa shape index (κ1) is 28.4. The third-order valence-electron chi connectivity index (χ3n) is 6.20.